The van der Waals surface area contributed by atoms with E-state index in [0.29, 0.717) is 20.6 Å². The van der Waals surface area contributed by atoms with Gasteiger partial charge < -0.3 is 4.74 Å². The summed E-state index contributed by atoms with van der Waals surface area (Å²) in [5.74, 6) is 0.638. The van der Waals surface area contributed by atoms with Gasteiger partial charge in [0.05, 0.1) is 17.3 Å². The van der Waals surface area contributed by atoms with E-state index in [1.165, 1.54) is 4.57 Å². The van der Waals surface area contributed by atoms with Crippen LogP contribution in [0.15, 0.2) is 47.3 Å². The van der Waals surface area contributed by atoms with Gasteiger partial charge in [-0.1, -0.05) is 24.3 Å². The SMILES string of the molecule is COc1ccccc1/C=c1\sc(=C(C#N)C#N)n(-c2ccc(C)c(C)c2)c1=O. The van der Waals surface area contributed by atoms with Gasteiger partial charge in [-0.05, 0) is 49.2 Å². The minimum Gasteiger partial charge on any atom is -0.496 e. The number of methoxy groups -OCH3 is 1. The number of ether oxygens (including phenoxy) is 1. The van der Waals surface area contributed by atoms with E-state index in [2.05, 4.69) is 0 Å². The lowest BCUT2D eigenvalue weighted by Crippen LogP contribution is -2.30. The number of benzene rings is 2. The molecule has 0 bridgehead atoms. The normalized spacial score (nSPS) is 11.0. The summed E-state index contributed by atoms with van der Waals surface area (Å²) in [5.41, 5.74) is 3.11. The molecule has 28 heavy (non-hydrogen) atoms. The van der Waals surface area contributed by atoms with Crippen molar-refractivity contribution in [2.45, 2.75) is 13.8 Å². The molecule has 3 rings (SSSR count). The topological polar surface area (TPSA) is 78.8 Å². The van der Waals surface area contributed by atoms with Crippen LogP contribution < -0.4 is 19.5 Å². The van der Waals surface area contributed by atoms with Gasteiger partial charge in [0.1, 0.15) is 22.6 Å². The molecule has 0 fully saturated rings. The molecule has 6 heteroatoms. The molecule has 0 atom stereocenters. The Balaban J connectivity index is 2.41. The lowest BCUT2D eigenvalue weighted by molar-refractivity contribution is 0.414. The first kappa shape index (κ1) is 19.2. The Morgan fingerprint density at radius 2 is 1.82 bits per heavy atom. The van der Waals surface area contributed by atoms with Crippen LogP contribution in [0.4, 0.5) is 0 Å². The van der Waals surface area contributed by atoms with E-state index in [4.69, 9.17) is 4.74 Å². The van der Waals surface area contributed by atoms with Crippen LogP contribution in [0, 0.1) is 36.5 Å². The molecule has 0 radical (unpaired) electrons. The second-order valence-electron chi connectivity index (χ2n) is 6.17. The summed E-state index contributed by atoms with van der Waals surface area (Å²) in [4.78, 5) is 13.2. The van der Waals surface area contributed by atoms with Crippen molar-refractivity contribution in [2.24, 2.45) is 0 Å². The van der Waals surface area contributed by atoms with Crippen LogP contribution in [0.2, 0.25) is 0 Å². The number of rotatable bonds is 3. The molecule has 0 aliphatic heterocycles. The molecule has 1 heterocycles. The number of aromatic nitrogens is 1. The van der Waals surface area contributed by atoms with Crippen LogP contribution in [0.1, 0.15) is 16.7 Å². The minimum atomic E-state index is -0.280. The molecule has 0 unspecified atom stereocenters. The summed E-state index contributed by atoms with van der Waals surface area (Å²) in [5, 5.41) is 18.7. The summed E-state index contributed by atoms with van der Waals surface area (Å²) in [7, 11) is 1.57. The molecule has 0 saturated heterocycles. The Morgan fingerprint density at radius 1 is 1.11 bits per heavy atom. The van der Waals surface area contributed by atoms with Crippen molar-refractivity contribution in [2.75, 3.05) is 7.11 Å². The summed E-state index contributed by atoms with van der Waals surface area (Å²) >= 11 is 1.12. The number of thiazole rings is 1. The minimum absolute atomic E-state index is 0.0972. The Bertz CT molecular complexity index is 1300. The molecule has 138 valence electrons. The third-order valence-electron chi connectivity index (χ3n) is 4.44. The van der Waals surface area contributed by atoms with Gasteiger partial charge in [0, 0.05) is 5.56 Å². The van der Waals surface area contributed by atoms with Crippen LogP contribution in [-0.4, -0.2) is 11.7 Å². The average Bonchev–Trinajstić information content (AvgIpc) is 3.01. The highest BCUT2D eigenvalue weighted by Crippen LogP contribution is 2.17. The van der Waals surface area contributed by atoms with Crippen molar-refractivity contribution in [1.82, 2.24) is 4.57 Å². The Morgan fingerprint density at radius 3 is 2.46 bits per heavy atom. The lowest BCUT2D eigenvalue weighted by Gasteiger charge is -2.06. The fraction of sp³-hybridized carbons (Fsp3) is 0.136. The molecular formula is C22H17N3O2S. The molecule has 3 aromatic rings. The number of nitrogens with zero attached hydrogens (tertiary/aromatic N) is 3. The first-order chi connectivity index (χ1) is 13.5. The van der Waals surface area contributed by atoms with E-state index < -0.39 is 0 Å². The van der Waals surface area contributed by atoms with Crippen LogP contribution in [-0.2, 0) is 0 Å². The number of nitriles is 2. The van der Waals surface area contributed by atoms with Gasteiger partial charge in [0.15, 0.2) is 5.57 Å². The highest BCUT2D eigenvalue weighted by molar-refractivity contribution is 7.07. The zero-order valence-electron chi connectivity index (χ0n) is 15.7. The predicted octanol–water partition coefficient (Wildman–Crippen LogP) is 2.55. The van der Waals surface area contributed by atoms with Crippen molar-refractivity contribution in [3.05, 3.63) is 78.7 Å². The average molecular weight is 387 g/mol. The fourth-order valence-corrected chi connectivity index (χ4v) is 3.84. The molecule has 0 spiro atoms. The molecule has 0 saturated carbocycles. The maximum absolute atomic E-state index is 13.2. The van der Waals surface area contributed by atoms with Gasteiger partial charge in [0.2, 0.25) is 0 Å². The van der Waals surface area contributed by atoms with E-state index >= 15 is 0 Å². The highest BCUT2D eigenvalue weighted by Gasteiger charge is 2.12. The Hall–Kier alpha value is -3.61. The van der Waals surface area contributed by atoms with E-state index in [9.17, 15) is 15.3 Å². The Labute approximate surface area is 166 Å². The second kappa shape index (κ2) is 7.96. The summed E-state index contributed by atoms with van der Waals surface area (Å²) in [6.07, 6.45) is 1.72. The second-order valence-corrected chi connectivity index (χ2v) is 7.20. The molecule has 5 nitrogen and oxygen atoms in total. The van der Waals surface area contributed by atoms with E-state index in [1.807, 2.05) is 68.5 Å². The molecule has 0 aliphatic rings. The molecule has 0 amide bonds. The monoisotopic (exact) mass is 387 g/mol. The maximum Gasteiger partial charge on any atom is 0.273 e. The molecule has 2 aromatic carbocycles. The van der Waals surface area contributed by atoms with Gasteiger partial charge in [-0.3, -0.25) is 9.36 Å². The van der Waals surface area contributed by atoms with Crippen LogP contribution in [0.25, 0.3) is 17.3 Å². The van der Waals surface area contributed by atoms with Crippen LogP contribution in [0.3, 0.4) is 0 Å². The Kier molecular flexibility index (Phi) is 5.44. The first-order valence-electron chi connectivity index (χ1n) is 8.49. The van der Waals surface area contributed by atoms with E-state index in [-0.39, 0.29) is 11.1 Å². The first-order valence-corrected chi connectivity index (χ1v) is 9.30. The van der Waals surface area contributed by atoms with Crippen molar-refractivity contribution in [3.8, 4) is 23.6 Å². The zero-order chi connectivity index (χ0) is 20.3. The molecule has 0 N–H and O–H groups in total. The third kappa shape index (κ3) is 3.46. The molecular weight excluding hydrogens is 370 g/mol. The number of hydrogen-bond donors (Lipinski definition) is 0. The van der Waals surface area contributed by atoms with Crippen LogP contribution >= 0.6 is 11.3 Å². The van der Waals surface area contributed by atoms with Gasteiger partial charge >= 0.3 is 0 Å². The van der Waals surface area contributed by atoms with Gasteiger partial charge in [0.25, 0.3) is 5.56 Å². The van der Waals surface area contributed by atoms with Gasteiger partial charge in [-0.2, -0.15) is 10.5 Å². The maximum atomic E-state index is 13.2. The van der Waals surface area contributed by atoms with Crippen molar-refractivity contribution in [1.29, 1.82) is 10.5 Å². The quantitative estimate of drug-likeness (QED) is 0.692. The number of hydrogen-bond acceptors (Lipinski definition) is 5. The third-order valence-corrected chi connectivity index (χ3v) is 5.53. The molecule has 1 aromatic heterocycles. The zero-order valence-corrected chi connectivity index (χ0v) is 16.5. The number of para-hydroxylation sites is 1. The van der Waals surface area contributed by atoms with Crippen molar-refractivity contribution in [3.63, 3.8) is 0 Å². The van der Waals surface area contributed by atoms with Gasteiger partial charge in [-0.15, -0.1) is 11.3 Å². The van der Waals surface area contributed by atoms with Crippen molar-refractivity contribution < 1.29 is 4.74 Å². The lowest BCUT2D eigenvalue weighted by atomic mass is 10.1. The standard InChI is InChI=1S/C22H17N3O2S/c1-14-8-9-18(10-15(14)2)25-21(26)20(28-22(25)17(12-23)13-24)11-16-6-4-5-7-19(16)27-3/h4-11H,1-3H3/b20-11-. The molecule has 0 aliphatic carbocycles. The summed E-state index contributed by atoms with van der Waals surface area (Å²) < 4.78 is 7.52. The highest BCUT2D eigenvalue weighted by atomic mass is 32.1. The predicted molar refractivity (Wildman–Crippen MR) is 110 cm³/mol. The van der Waals surface area contributed by atoms with Crippen LogP contribution in [0.5, 0.6) is 5.75 Å². The van der Waals surface area contributed by atoms with Crippen molar-refractivity contribution >= 4 is 23.0 Å². The van der Waals surface area contributed by atoms with E-state index in [0.717, 1.165) is 28.0 Å². The number of aryl methyl sites for hydroxylation is 2. The fourth-order valence-electron chi connectivity index (χ4n) is 2.80. The van der Waals surface area contributed by atoms with E-state index in [1.54, 1.807) is 13.2 Å². The smallest absolute Gasteiger partial charge is 0.273 e. The largest absolute Gasteiger partial charge is 0.496 e. The summed E-state index contributed by atoms with van der Waals surface area (Å²) in [6.45, 7) is 3.94. The summed E-state index contributed by atoms with van der Waals surface area (Å²) in [6, 6.07) is 16.8. The van der Waals surface area contributed by atoms with Gasteiger partial charge in [-0.25, -0.2) is 0 Å².